The zero-order valence-electron chi connectivity index (χ0n) is 17.7. The van der Waals surface area contributed by atoms with Crippen LogP contribution in [0.25, 0.3) is 11.4 Å². The van der Waals surface area contributed by atoms with E-state index in [1.54, 1.807) is 19.3 Å². The highest BCUT2D eigenvalue weighted by Gasteiger charge is 2.31. The molecule has 1 N–H and O–H groups in total. The zero-order chi connectivity index (χ0) is 23.6. The van der Waals surface area contributed by atoms with Crippen LogP contribution in [0.2, 0.25) is 0 Å². The minimum atomic E-state index is -4.49. The topological polar surface area (TPSA) is 93.0 Å². The van der Waals surface area contributed by atoms with Gasteiger partial charge in [-0.2, -0.15) is 13.2 Å². The lowest BCUT2D eigenvalue weighted by Gasteiger charge is -2.33. The molecule has 33 heavy (non-hydrogen) atoms. The number of aromatic nitrogens is 4. The second-order valence-corrected chi connectivity index (χ2v) is 7.79. The van der Waals surface area contributed by atoms with Gasteiger partial charge in [-0.1, -0.05) is 6.07 Å². The number of rotatable bonds is 4. The normalized spacial score (nSPS) is 16.5. The average molecular weight is 458 g/mol. The van der Waals surface area contributed by atoms with Gasteiger partial charge < -0.3 is 10.2 Å². The van der Waals surface area contributed by atoms with Gasteiger partial charge in [0.25, 0.3) is 5.56 Å². The number of hydrogen-bond donors (Lipinski definition) is 1. The van der Waals surface area contributed by atoms with Crippen LogP contribution in [-0.4, -0.2) is 38.5 Å². The fourth-order valence-electron chi connectivity index (χ4n) is 3.77. The molecule has 1 amide bonds. The van der Waals surface area contributed by atoms with Crippen molar-refractivity contribution >= 4 is 17.5 Å². The molecule has 0 aliphatic carbocycles. The smallest absolute Gasteiger partial charge is 0.341 e. The number of carbonyl (C=O) groups is 1. The first-order valence-corrected chi connectivity index (χ1v) is 10.3. The number of nitrogens with zero attached hydrogens (tertiary/aromatic N) is 5. The van der Waals surface area contributed by atoms with Crippen LogP contribution in [-0.2, 0) is 18.0 Å². The SMILES string of the molecule is Cn1c(N2CCCC(C(=O)Nc3cccc(C(F)(F)F)c3)C2)nc(-c2ccncn2)cc1=O. The molecule has 1 unspecified atom stereocenters. The highest BCUT2D eigenvalue weighted by atomic mass is 19.4. The van der Waals surface area contributed by atoms with Crippen LogP contribution >= 0.6 is 0 Å². The molecule has 0 spiro atoms. The van der Waals surface area contributed by atoms with E-state index in [1.807, 2.05) is 4.90 Å². The molecule has 1 saturated heterocycles. The summed E-state index contributed by atoms with van der Waals surface area (Å²) in [6.45, 7) is 0.860. The predicted molar refractivity (Wildman–Crippen MR) is 116 cm³/mol. The predicted octanol–water partition coefficient (Wildman–Crippen LogP) is 3.11. The Morgan fingerprint density at radius 1 is 1.18 bits per heavy atom. The van der Waals surface area contributed by atoms with Gasteiger partial charge in [-0.25, -0.2) is 15.0 Å². The summed E-state index contributed by atoms with van der Waals surface area (Å²) in [7, 11) is 1.60. The molecule has 0 bridgehead atoms. The third-order valence-electron chi connectivity index (χ3n) is 5.49. The first-order valence-electron chi connectivity index (χ1n) is 10.3. The number of alkyl halides is 3. The first-order chi connectivity index (χ1) is 15.7. The lowest BCUT2D eigenvalue weighted by atomic mass is 9.97. The van der Waals surface area contributed by atoms with Crippen LogP contribution in [0.15, 0.2) is 53.7 Å². The van der Waals surface area contributed by atoms with Crippen LogP contribution < -0.4 is 15.8 Å². The summed E-state index contributed by atoms with van der Waals surface area (Å²) < 4.78 is 40.3. The number of halogens is 3. The van der Waals surface area contributed by atoms with Gasteiger partial charge in [0.15, 0.2) is 0 Å². The number of anilines is 2. The molecule has 11 heteroatoms. The summed E-state index contributed by atoms with van der Waals surface area (Å²) in [5.74, 6) is -0.462. The number of piperidine rings is 1. The highest BCUT2D eigenvalue weighted by molar-refractivity contribution is 5.93. The van der Waals surface area contributed by atoms with Gasteiger partial charge in [0, 0.05) is 38.1 Å². The van der Waals surface area contributed by atoms with E-state index in [4.69, 9.17) is 0 Å². The molecule has 1 aliphatic heterocycles. The second-order valence-electron chi connectivity index (χ2n) is 7.79. The van der Waals surface area contributed by atoms with Crippen molar-refractivity contribution in [1.29, 1.82) is 0 Å². The fourth-order valence-corrected chi connectivity index (χ4v) is 3.77. The van der Waals surface area contributed by atoms with Gasteiger partial charge in [-0.05, 0) is 37.1 Å². The molecule has 1 fully saturated rings. The highest BCUT2D eigenvalue weighted by Crippen LogP contribution is 2.31. The van der Waals surface area contributed by atoms with Gasteiger partial charge in [-0.3, -0.25) is 14.2 Å². The largest absolute Gasteiger partial charge is 0.416 e. The van der Waals surface area contributed by atoms with Gasteiger partial charge in [-0.15, -0.1) is 0 Å². The number of hydrogen-bond acceptors (Lipinski definition) is 6. The number of nitrogens with one attached hydrogen (secondary N) is 1. The minimum absolute atomic E-state index is 0.0863. The number of benzene rings is 1. The summed E-state index contributed by atoms with van der Waals surface area (Å²) in [4.78, 5) is 39.8. The Labute approximate surface area is 187 Å². The molecule has 1 aromatic carbocycles. The van der Waals surface area contributed by atoms with E-state index in [0.717, 1.165) is 12.1 Å². The summed E-state index contributed by atoms with van der Waals surface area (Å²) in [6.07, 6.45) is -0.345. The molecule has 2 aromatic heterocycles. The van der Waals surface area contributed by atoms with Crippen molar-refractivity contribution in [3.63, 3.8) is 0 Å². The van der Waals surface area contributed by atoms with E-state index in [2.05, 4.69) is 20.3 Å². The third kappa shape index (κ3) is 5.02. The molecule has 1 atom stereocenters. The monoisotopic (exact) mass is 458 g/mol. The Balaban J connectivity index is 1.54. The Bertz CT molecular complexity index is 1210. The molecule has 3 aromatic rings. The molecule has 8 nitrogen and oxygen atoms in total. The molecular weight excluding hydrogens is 437 g/mol. The molecule has 172 valence electrons. The van der Waals surface area contributed by atoms with Crippen LogP contribution in [0.5, 0.6) is 0 Å². The van der Waals surface area contributed by atoms with E-state index in [9.17, 15) is 22.8 Å². The van der Waals surface area contributed by atoms with Crippen LogP contribution in [0, 0.1) is 5.92 Å². The quantitative estimate of drug-likeness (QED) is 0.646. The molecule has 0 radical (unpaired) electrons. The zero-order valence-corrected chi connectivity index (χ0v) is 17.7. The molecule has 4 rings (SSSR count). The Hall–Kier alpha value is -3.76. The van der Waals surface area contributed by atoms with E-state index >= 15 is 0 Å². The van der Waals surface area contributed by atoms with Crippen LogP contribution in [0.1, 0.15) is 18.4 Å². The van der Waals surface area contributed by atoms with E-state index in [1.165, 1.54) is 29.1 Å². The maximum Gasteiger partial charge on any atom is 0.416 e. The summed E-state index contributed by atoms with van der Waals surface area (Å²) in [6, 6.07) is 7.57. The van der Waals surface area contributed by atoms with Crippen molar-refractivity contribution in [1.82, 2.24) is 19.5 Å². The maximum atomic E-state index is 13.0. The van der Waals surface area contributed by atoms with Crippen LogP contribution in [0.4, 0.5) is 24.8 Å². The summed E-state index contributed by atoms with van der Waals surface area (Å²) in [5.41, 5.74) is -0.121. The molecular formula is C22H21F3N6O2. The van der Waals surface area contributed by atoms with E-state index in [-0.39, 0.29) is 23.7 Å². The standard InChI is InChI=1S/C22H21F3N6O2/c1-30-19(32)11-18(17-7-8-26-13-27-17)29-21(30)31-9-3-4-14(12-31)20(33)28-16-6-2-5-15(10-16)22(23,24)25/h2,5-8,10-11,13-14H,3-4,9,12H2,1H3,(H,28,33). The minimum Gasteiger partial charge on any atom is -0.341 e. The lowest BCUT2D eigenvalue weighted by molar-refractivity contribution is -0.137. The average Bonchev–Trinajstić information content (AvgIpc) is 2.81. The van der Waals surface area contributed by atoms with Crippen LogP contribution in [0.3, 0.4) is 0 Å². The first kappa shape index (κ1) is 22.4. The molecule has 0 saturated carbocycles. The maximum absolute atomic E-state index is 13.0. The van der Waals surface area contributed by atoms with Gasteiger partial charge >= 0.3 is 6.18 Å². The van der Waals surface area contributed by atoms with Gasteiger partial charge in [0.2, 0.25) is 11.9 Å². The number of amides is 1. The van der Waals surface area contributed by atoms with Gasteiger partial charge in [0.1, 0.15) is 6.33 Å². The second kappa shape index (κ2) is 9.00. The van der Waals surface area contributed by atoms with E-state index < -0.39 is 17.7 Å². The van der Waals surface area contributed by atoms with Crippen molar-refractivity contribution in [3.05, 3.63) is 64.8 Å². The van der Waals surface area contributed by atoms with E-state index in [0.29, 0.717) is 36.7 Å². The van der Waals surface area contributed by atoms with Crippen molar-refractivity contribution in [2.24, 2.45) is 13.0 Å². The number of carbonyl (C=O) groups excluding carboxylic acids is 1. The van der Waals surface area contributed by atoms with Crippen molar-refractivity contribution < 1.29 is 18.0 Å². The van der Waals surface area contributed by atoms with Crippen molar-refractivity contribution in [3.8, 4) is 11.4 Å². The van der Waals surface area contributed by atoms with Crippen molar-refractivity contribution in [2.75, 3.05) is 23.3 Å². The third-order valence-corrected chi connectivity index (χ3v) is 5.49. The molecule has 3 heterocycles. The van der Waals surface area contributed by atoms with Crippen molar-refractivity contribution in [2.45, 2.75) is 19.0 Å². The fraction of sp³-hybridized carbons (Fsp3) is 0.318. The summed E-state index contributed by atoms with van der Waals surface area (Å²) in [5, 5.41) is 2.59. The summed E-state index contributed by atoms with van der Waals surface area (Å²) >= 11 is 0. The molecule has 1 aliphatic rings. The Morgan fingerprint density at radius 3 is 2.73 bits per heavy atom. The van der Waals surface area contributed by atoms with Gasteiger partial charge in [0.05, 0.1) is 22.9 Å². The Morgan fingerprint density at radius 2 is 2.00 bits per heavy atom. The lowest BCUT2D eigenvalue weighted by Crippen LogP contribution is -2.43. The Kier molecular flexibility index (Phi) is 6.12.